The number of piperazine rings is 1. The lowest BCUT2D eigenvalue weighted by Crippen LogP contribution is -2.64. The first-order valence-electron chi connectivity index (χ1n) is 10.6. The summed E-state index contributed by atoms with van der Waals surface area (Å²) in [6.45, 7) is 2.17. The van der Waals surface area contributed by atoms with E-state index in [1.165, 1.54) is 19.1 Å². The highest BCUT2D eigenvalue weighted by Gasteiger charge is 2.42. The average molecular weight is 408 g/mol. The summed E-state index contributed by atoms with van der Waals surface area (Å²) in [5, 5.41) is 3.80. The van der Waals surface area contributed by atoms with Crippen molar-refractivity contribution in [2.24, 2.45) is 13.0 Å². The average Bonchev–Trinajstić information content (AvgIpc) is 3.37. The van der Waals surface area contributed by atoms with E-state index in [0.29, 0.717) is 18.2 Å². The van der Waals surface area contributed by atoms with Crippen molar-refractivity contribution in [3.8, 4) is 0 Å². The minimum absolute atomic E-state index is 0.00565. The predicted molar refractivity (Wildman–Crippen MR) is 109 cm³/mol. The fraction of sp³-hybridized carbons (Fsp3) is 0.524. The number of aromatic nitrogens is 4. The summed E-state index contributed by atoms with van der Waals surface area (Å²) < 4.78 is 8.36. The maximum atomic E-state index is 12.8. The van der Waals surface area contributed by atoms with Gasteiger partial charge in [0.05, 0.1) is 5.52 Å². The maximum absolute atomic E-state index is 12.8. The molecule has 1 aliphatic carbocycles. The Kier molecular flexibility index (Phi) is 3.81. The van der Waals surface area contributed by atoms with E-state index in [2.05, 4.69) is 10.1 Å². The molecule has 6 heterocycles. The molecule has 2 atom stereocenters. The van der Waals surface area contributed by atoms with E-state index in [1.54, 1.807) is 17.7 Å². The Morgan fingerprint density at radius 2 is 1.97 bits per heavy atom. The van der Waals surface area contributed by atoms with Crippen LogP contribution < -0.4 is 10.6 Å². The van der Waals surface area contributed by atoms with Crippen molar-refractivity contribution >= 4 is 22.9 Å². The molecule has 3 aromatic heterocycles. The van der Waals surface area contributed by atoms with Gasteiger partial charge in [0.15, 0.2) is 11.3 Å². The first kappa shape index (κ1) is 17.7. The molecule has 9 nitrogen and oxygen atoms in total. The van der Waals surface area contributed by atoms with E-state index >= 15 is 0 Å². The molecule has 3 aromatic rings. The van der Waals surface area contributed by atoms with Crippen LogP contribution in [0.25, 0.3) is 11.2 Å². The summed E-state index contributed by atoms with van der Waals surface area (Å²) in [6.07, 6.45) is 5.84. The number of nitrogens with zero attached hydrogens (tertiary/aromatic N) is 6. The van der Waals surface area contributed by atoms with Gasteiger partial charge in [0.25, 0.3) is 5.91 Å². The molecule has 1 saturated carbocycles. The number of pyridine rings is 1. The molecule has 3 saturated heterocycles. The smallest absolute Gasteiger partial charge is 0.330 e. The molecule has 0 aromatic carbocycles. The number of anilines is 1. The van der Waals surface area contributed by atoms with Crippen molar-refractivity contribution in [1.29, 1.82) is 0 Å². The summed E-state index contributed by atoms with van der Waals surface area (Å²) in [5.74, 6) is 1.44. The molecule has 9 heteroatoms. The number of carbonyl (C=O) groups is 1. The third kappa shape index (κ3) is 2.68. The second-order valence-corrected chi connectivity index (χ2v) is 8.79. The standard InChI is InChI=1S/C21H24N6O3/c1-24-19-17(27(21(24)29)10-13-2-3-13)6-7-18(22-19)25-11-15-5-4-14(25)12-26(15)20(28)16-8-9-30-23-16/h6-9,13-15H,2-5,10-12H2,1H3. The van der Waals surface area contributed by atoms with Gasteiger partial charge in [-0.25, -0.2) is 9.78 Å². The van der Waals surface area contributed by atoms with Crippen molar-refractivity contribution in [1.82, 2.24) is 24.2 Å². The Balaban J connectivity index is 1.29. The molecular weight excluding hydrogens is 384 g/mol. The number of imidazole rings is 1. The zero-order valence-electron chi connectivity index (χ0n) is 16.9. The van der Waals surface area contributed by atoms with E-state index in [4.69, 9.17) is 9.51 Å². The quantitative estimate of drug-likeness (QED) is 0.652. The Bertz CT molecular complexity index is 1180. The van der Waals surface area contributed by atoms with E-state index < -0.39 is 0 Å². The predicted octanol–water partition coefficient (Wildman–Crippen LogP) is 1.63. The van der Waals surface area contributed by atoms with Gasteiger partial charge in [-0.05, 0) is 43.7 Å². The van der Waals surface area contributed by atoms with Gasteiger partial charge in [-0.1, -0.05) is 5.16 Å². The Morgan fingerprint density at radius 3 is 2.67 bits per heavy atom. The third-order valence-electron chi connectivity index (χ3n) is 6.85. The van der Waals surface area contributed by atoms with Gasteiger partial charge in [-0.15, -0.1) is 0 Å². The van der Waals surface area contributed by atoms with Crippen molar-refractivity contribution < 1.29 is 9.32 Å². The van der Waals surface area contributed by atoms with Gasteiger partial charge >= 0.3 is 5.69 Å². The van der Waals surface area contributed by atoms with Gasteiger partial charge in [0.1, 0.15) is 12.1 Å². The van der Waals surface area contributed by atoms with Gasteiger partial charge in [-0.2, -0.15) is 0 Å². The van der Waals surface area contributed by atoms with Crippen LogP contribution in [-0.2, 0) is 13.6 Å². The number of amides is 1. The molecule has 1 amide bonds. The number of piperidine rings is 2. The first-order chi connectivity index (χ1) is 14.6. The van der Waals surface area contributed by atoms with Crippen LogP contribution >= 0.6 is 0 Å². The number of fused-ring (bicyclic) bond motifs is 4. The third-order valence-corrected chi connectivity index (χ3v) is 6.85. The van der Waals surface area contributed by atoms with Crippen LogP contribution in [0.3, 0.4) is 0 Å². The van der Waals surface area contributed by atoms with E-state index in [9.17, 15) is 9.59 Å². The second kappa shape index (κ2) is 6.45. The number of hydrogen-bond donors (Lipinski definition) is 0. The summed E-state index contributed by atoms with van der Waals surface area (Å²) >= 11 is 0. The molecule has 3 aliphatic heterocycles. The van der Waals surface area contributed by atoms with Gasteiger partial charge in [-0.3, -0.25) is 13.9 Å². The molecule has 0 spiro atoms. The molecular formula is C21H24N6O3. The Labute approximate surface area is 172 Å². The fourth-order valence-electron chi connectivity index (χ4n) is 4.99. The van der Waals surface area contributed by atoms with E-state index in [1.807, 2.05) is 21.6 Å². The van der Waals surface area contributed by atoms with Crippen LogP contribution in [-0.4, -0.2) is 55.3 Å². The highest BCUT2D eigenvalue weighted by Crippen LogP contribution is 2.34. The number of rotatable bonds is 4. The summed E-state index contributed by atoms with van der Waals surface area (Å²) in [6, 6.07) is 6.00. The topological polar surface area (TPSA) is 89.4 Å². The molecule has 0 N–H and O–H groups in total. The molecule has 0 radical (unpaired) electrons. The van der Waals surface area contributed by atoms with E-state index in [-0.39, 0.29) is 23.7 Å². The van der Waals surface area contributed by atoms with Crippen LogP contribution in [0.2, 0.25) is 0 Å². The van der Waals surface area contributed by atoms with Gasteiger partial charge in [0, 0.05) is 44.8 Å². The van der Waals surface area contributed by atoms with E-state index in [0.717, 1.165) is 42.9 Å². The Hall–Kier alpha value is -3.10. The van der Waals surface area contributed by atoms with Gasteiger partial charge in [0.2, 0.25) is 0 Å². The number of hydrogen-bond acceptors (Lipinski definition) is 6. The summed E-state index contributed by atoms with van der Waals surface area (Å²) in [5.41, 5.74) is 2.00. The van der Waals surface area contributed by atoms with Crippen molar-refractivity contribution in [3.63, 3.8) is 0 Å². The Morgan fingerprint density at radius 1 is 1.13 bits per heavy atom. The molecule has 156 valence electrons. The molecule has 2 unspecified atom stereocenters. The largest absolute Gasteiger partial charge is 0.364 e. The van der Waals surface area contributed by atoms with Crippen LogP contribution in [0.1, 0.15) is 36.2 Å². The number of carbonyl (C=O) groups excluding carboxylic acids is 1. The van der Waals surface area contributed by atoms with Gasteiger partial charge < -0.3 is 14.3 Å². The molecule has 4 aliphatic rings. The lowest BCUT2D eigenvalue weighted by molar-refractivity contribution is 0.0494. The lowest BCUT2D eigenvalue weighted by atomic mass is 9.90. The highest BCUT2D eigenvalue weighted by molar-refractivity contribution is 5.92. The molecule has 30 heavy (non-hydrogen) atoms. The van der Waals surface area contributed by atoms with Crippen LogP contribution in [0.4, 0.5) is 5.82 Å². The van der Waals surface area contributed by atoms with Crippen molar-refractivity contribution in [3.05, 3.63) is 40.6 Å². The summed E-state index contributed by atoms with van der Waals surface area (Å²) in [7, 11) is 1.80. The first-order valence-corrected chi connectivity index (χ1v) is 10.6. The molecule has 2 bridgehead atoms. The molecule has 4 fully saturated rings. The van der Waals surface area contributed by atoms with Crippen molar-refractivity contribution in [2.45, 2.75) is 44.3 Å². The molecule has 7 rings (SSSR count). The minimum atomic E-state index is -0.0685. The maximum Gasteiger partial charge on any atom is 0.330 e. The second-order valence-electron chi connectivity index (χ2n) is 8.79. The van der Waals surface area contributed by atoms with Crippen LogP contribution in [0, 0.1) is 5.92 Å². The monoisotopic (exact) mass is 408 g/mol. The highest BCUT2D eigenvalue weighted by atomic mass is 16.5. The van der Waals surface area contributed by atoms with Crippen LogP contribution in [0.15, 0.2) is 33.8 Å². The van der Waals surface area contributed by atoms with Crippen molar-refractivity contribution in [2.75, 3.05) is 18.0 Å². The van der Waals surface area contributed by atoms with Crippen LogP contribution in [0.5, 0.6) is 0 Å². The zero-order chi connectivity index (χ0) is 20.4. The zero-order valence-corrected chi connectivity index (χ0v) is 16.9. The number of aryl methyl sites for hydroxylation is 1. The normalized spacial score (nSPS) is 23.5. The summed E-state index contributed by atoms with van der Waals surface area (Å²) in [4.78, 5) is 34.6. The fourth-order valence-corrected chi connectivity index (χ4v) is 4.99. The minimum Gasteiger partial charge on any atom is -0.364 e. The lowest BCUT2D eigenvalue weighted by Gasteiger charge is -2.51. The SMILES string of the molecule is Cn1c(=O)n(CC2CC2)c2ccc(N3CC4CCC3CN4C(=O)c3ccon3)nc21.